The lowest BCUT2D eigenvalue weighted by Crippen LogP contribution is -2.50. The first-order valence-electron chi connectivity index (χ1n) is 12.4. The van der Waals surface area contributed by atoms with Crippen LogP contribution in [-0.4, -0.2) is 47.8 Å². The Morgan fingerprint density at radius 1 is 1.03 bits per heavy atom. The van der Waals surface area contributed by atoms with Crippen LogP contribution in [0.15, 0.2) is 48.5 Å². The van der Waals surface area contributed by atoms with E-state index in [0.29, 0.717) is 12.5 Å². The number of benzene rings is 2. The van der Waals surface area contributed by atoms with E-state index >= 15 is 0 Å². The Morgan fingerprint density at radius 2 is 1.73 bits per heavy atom. The molecule has 0 saturated carbocycles. The van der Waals surface area contributed by atoms with Crippen molar-refractivity contribution in [3.63, 3.8) is 0 Å². The predicted molar refractivity (Wildman–Crippen MR) is 132 cm³/mol. The van der Waals surface area contributed by atoms with E-state index in [0.717, 1.165) is 49.9 Å². The molecular weight excluding hydrogens is 410 g/mol. The van der Waals surface area contributed by atoms with E-state index < -0.39 is 0 Å². The Bertz CT molecular complexity index is 963. The minimum absolute atomic E-state index is 0.0356. The van der Waals surface area contributed by atoms with E-state index in [1.54, 1.807) is 0 Å². The van der Waals surface area contributed by atoms with Crippen LogP contribution < -0.4 is 5.32 Å². The standard InChI is InChI=1S/C28H37N3O2/c1-4-22-9-11-23(12-10-22)21(3)29-26(32)19-31-18-15-24-7-5-6-8-25(24)27(31)28(33)30-16-13-20(2)14-17-30/h5-12,20-21,27H,4,13-19H2,1-3H3,(H,29,32)/t21-,27-/m0/s1. The second-order valence-electron chi connectivity index (χ2n) is 9.71. The van der Waals surface area contributed by atoms with Crippen LogP contribution in [0.1, 0.15) is 68.0 Å². The van der Waals surface area contributed by atoms with Crippen LogP contribution in [0, 0.1) is 5.92 Å². The summed E-state index contributed by atoms with van der Waals surface area (Å²) in [5.74, 6) is 0.777. The van der Waals surface area contributed by atoms with Crippen LogP contribution in [0.25, 0.3) is 0 Å². The molecule has 2 aromatic rings. The van der Waals surface area contributed by atoms with E-state index in [2.05, 4.69) is 60.5 Å². The Morgan fingerprint density at radius 3 is 2.42 bits per heavy atom. The van der Waals surface area contributed by atoms with Crippen molar-refractivity contribution in [3.05, 3.63) is 70.8 Å². The minimum Gasteiger partial charge on any atom is -0.348 e. The summed E-state index contributed by atoms with van der Waals surface area (Å²) < 4.78 is 0. The molecule has 2 aromatic carbocycles. The molecule has 2 aliphatic heterocycles. The average Bonchev–Trinajstić information content (AvgIpc) is 2.84. The largest absolute Gasteiger partial charge is 0.348 e. The fraction of sp³-hybridized carbons (Fsp3) is 0.500. The third-order valence-electron chi connectivity index (χ3n) is 7.32. The number of piperidine rings is 1. The van der Waals surface area contributed by atoms with Gasteiger partial charge in [-0.1, -0.05) is 62.4 Å². The molecule has 0 aliphatic carbocycles. The summed E-state index contributed by atoms with van der Waals surface area (Å²) in [4.78, 5) is 30.8. The number of hydrogen-bond donors (Lipinski definition) is 1. The van der Waals surface area contributed by atoms with Gasteiger partial charge in [-0.05, 0) is 60.8 Å². The van der Waals surface area contributed by atoms with E-state index in [9.17, 15) is 9.59 Å². The number of hydrogen-bond acceptors (Lipinski definition) is 3. The van der Waals surface area contributed by atoms with Crippen molar-refractivity contribution in [2.45, 2.75) is 58.5 Å². The number of nitrogens with zero attached hydrogens (tertiary/aromatic N) is 2. The average molecular weight is 448 g/mol. The van der Waals surface area contributed by atoms with Gasteiger partial charge >= 0.3 is 0 Å². The second kappa shape index (κ2) is 10.5. The number of rotatable bonds is 6. The molecule has 0 radical (unpaired) electrons. The van der Waals surface area contributed by atoms with Gasteiger partial charge in [0, 0.05) is 19.6 Å². The van der Waals surface area contributed by atoms with Crippen molar-refractivity contribution in [2.75, 3.05) is 26.2 Å². The highest BCUT2D eigenvalue weighted by Crippen LogP contribution is 2.32. The van der Waals surface area contributed by atoms with Crippen LogP contribution in [0.2, 0.25) is 0 Å². The van der Waals surface area contributed by atoms with E-state index in [-0.39, 0.29) is 30.4 Å². The van der Waals surface area contributed by atoms with Gasteiger partial charge in [0.05, 0.1) is 12.6 Å². The molecule has 0 aromatic heterocycles. The molecule has 2 heterocycles. The highest BCUT2D eigenvalue weighted by atomic mass is 16.2. The number of fused-ring (bicyclic) bond motifs is 1. The summed E-state index contributed by atoms with van der Waals surface area (Å²) in [5.41, 5.74) is 4.67. The molecule has 33 heavy (non-hydrogen) atoms. The van der Waals surface area contributed by atoms with Gasteiger partial charge < -0.3 is 10.2 Å². The fourth-order valence-electron chi connectivity index (χ4n) is 5.08. The van der Waals surface area contributed by atoms with Crippen LogP contribution in [0.3, 0.4) is 0 Å². The van der Waals surface area contributed by atoms with Gasteiger partial charge in [0.25, 0.3) is 0 Å². The maximum absolute atomic E-state index is 13.7. The zero-order chi connectivity index (χ0) is 23.4. The zero-order valence-corrected chi connectivity index (χ0v) is 20.2. The van der Waals surface area contributed by atoms with Gasteiger partial charge in [-0.3, -0.25) is 14.5 Å². The lowest BCUT2D eigenvalue weighted by molar-refractivity contribution is -0.140. The van der Waals surface area contributed by atoms with Gasteiger partial charge in [-0.15, -0.1) is 0 Å². The molecule has 5 nitrogen and oxygen atoms in total. The van der Waals surface area contributed by atoms with Gasteiger partial charge in [0.15, 0.2) is 0 Å². The molecular formula is C28H37N3O2. The van der Waals surface area contributed by atoms with Crippen molar-refractivity contribution in [1.29, 1.82) is 0 Å². The minimum atomic E-state index is -0.381. The molecule has 2 amide bonds. The first kappa shape index (κ1) is 23.5. The van der Waals surface area contributed by atoms with Gasteiger partial charge in [-0.25, -0.2) is 0 Å². The first-order valence-corrected chi connectivity index (χ1v) is 12.4. The molecule has 0 spiro atoms. The maximum atomic E-state index is 13.7. The van der Waals surface area contributed by atoms with Crippen LogP contribution in [0.5, 0.6) is 0 Å². The van der Waals surface area contributed by atoms with E-state index in [1.807, 2.05) is 24.0 Å². The summed E-state index contributed by atoms with van der Waals surface area (Å²) in [6, 6.07) is 16.2. The van der Waals surface area contributed by atoms with Crippen molar-refractivity contribution in [2.24, 2.45) is 5.92 Å². The lowest BCUT2D eigenvalue weighted by atomic mass is 9.90. The molecule has 2 aliphatic rings. The highest BCUT2D eigenvalue weighted by molar-refractivity contribution is 5.86. The molecule has 0 unspecified atom stereocenters. The van der Waals surface area contributed by atoms with Crippen molar-refractivity contribution < 1.29 is 9.59 Å². The number of carbonyl (C=O) groups excluding carboxylic acids is 2. The number of carbonyl (C=O) groups is 2. The Kier molecular flexibility index (Phi) is 7.49. The summed E-state index contributed by atoms with van der Waals surface area (Å²) in [6.45, 7) is 8.97. The van der Waals surface area contributed by atoms with Gasteiger partial charge in [-0.2, -0.15) is 0 Å². The summed E-state index contributed by atoms with van der Waals surface area (Å²) in [5, 5.41) is 3.14. The normalized spacial score (nSPS) is 20.2. The van der Waals surface area contributed by atoms with Crippen molar-refractivity contribution >= 4 is 11.8 Å². The van der Waals surface area contributed by atoms with Crippen molar-refractivity contribution in [3.8, 4) is 0 Å². The van der Waals surface area contributed by atoms with Crippen LogP contribution in [0.4, 0.5) is 0 Å². The maximum Gasteiger partial charge on any atom is 0.244 e. The number of nitrogens with one attached hydrogen (secondary N) is 1. The topological polar surface area (TPSA) is 52.7 Å². The summed E-state index contributed by atoms with van der Waals surface area (Å²) >= 11 is 0. The molecule has 4 rings (SSSR count). The Labute approximate surface area is 198 Å². The summed E-state index contributed by atoms with van der Waals surface area (Å²) in [7, 11) is 0. The smallest absolute Gasteiger partial charge is 0.244 e. The second-order valence-corrected chi connectivity index (χ2v) is 9.71. The predicted octanol–water partition coefficient (Wildman–Crippen LogP) is 4.28. The van der Waals surface area contributed by atoms with Crippen LogP contribution in [-0.2, 0) is 22.4 Å². The Balaban J connectivity index is 1.47. The van der Waals surface area contributed by atoms with Gasteiger partial charge in [0.2, 0.25) is 11.8 Å². The lowest BCUT2D eigenvalue weighted by Gasteiger charge is -2.40. The fourth-order valence-corrected chi connectivity index (χ4v) is 5.08. The third kappa shape index (κ3) is 5.47. The van der Waals surface area contributed by atoms with Crippen LogP contribution >= 0.6 is 0 Å². The van der Waals surface area contributed by atoms with Crippen molar-refractivity contribution in [1.82, 2.24) is 15.1 Å². The molecule has 1 fully saturated rings. The first-order chi connectivity index (χ1) is 16.0. The molecule has 2 atom stereocenters. The molecule has 176 valence electrons. The molecule has 1 N–H and O–H groups in total. The molecule has 1 saturated heterocycles. The zero-order valence-electron chi connectivity index (χ0n) is 20.2. The third-order valence-corrected chi connectivity index (χ3v) is 7.32. The van der Waals surface area contributed by atoms with Gasteiger partial charge in [0.1, 0.15) is 6.04 Å². The quantitative estimate of drug-likeness (QED) is 0.719. The summed E-state index contributed by atoms with van der Waals surface area (Å²) in [6.07, 6.45) is 3.96. The number of likely N-dealkylation sites (tertiary alicyclic amines) is 1. The SMILES string of the molecule is CCc1ccc([C@H](C)NC(=O)CN2CCc3ccccc3[C@H]2C(=O)N2CCC(C)CC2)cc1. The van der Waals surface area contributed by atoms with E-state index in [1.165, 1.54) is 11.1 Å². The number of amides is 2. The van der Waals surface area contributed by atoms with E-state index in [4.69, 9.17) is 0 Å². The highest BCUT2D eigenvalue weighted by Gasteiger charge is 2.37. The number of aryl methyl sites for hydroxylation is 1. The monoisotopic (exact) mass is 447 g/mol. The Hall–Kier alpha value is -2.66. The molecule has 0 bridgehead atoms. The molecule has 5 heteroatoms.